The summed E-state index contributed by atoms with van der Waals surface area (Å²) in [5.74, 6) is 0.0848. The average molecular weight is 180 g/mol. The predicted molar refractivity (Wildman–Crippen MR) is 49.3 cm³/mol. The molecule has 0 aromatic heterocycles. The Labute approximate surface area is 78.7 Å². The molecule has 13 heavy (non-hydrogen) atoms. The van der Waals surface area contributed by atoms with Gasteiger partial charge in [-0.25, -0.2) is 0 Å². The van der Waals surface area contributed by atoms with E-state index in [1.807, 2.05) is 0 Å². The lowest BCUT2D eigenvalue weighted by Crippen LogP contribution is -2.32. The van der Waals surface area contributed by atoms with Crippen LogP contribution in [0, 0.1) is 11.8 Å². The first-order valence-electron chi connectivity index (χ1n) is 5.37. The Hall–Kier alpha value is -0.660. The van der Waals surface area contributed by atoms with E-state index in [1.54, 1.807) is 0 Å². The molecule has 2 aliphatic rings. The summed E-state index contributed by atoms with van der Waals surface area (Å²) in [6.45, 7) is 0. The van der Waals surface area contributed by atoms with Crippen LogP contribution in [0.5, 0.6) is 0 Å². The molecule has 0 saturated heterocycles. The molecule has 2 nitrogen and oxygen atoms in total. The molecule has 0 atom stereocenters. The van der Waals surface area contributed by atoms with E-state index in [0.717, 1.165) is 44.9 Å². The van der Waals surface area contributed by atoms with Crippen molar-refractivity contribution in [2.45, 2.75) is 44.9 Å². The third kappa shape index (κ3) is 1.67. The highest BCUT2D eigenvalue weighted by atomic mass is 16.2. The van der Waals surface area contributed by atoms with Crippen molar-refractivity contribution in [3.63, 3.8) is 0 Å². The predicted octanol–water partition coefficient (Wildman–Crippen LogP) is 2.11. The van der Waals surface area contributed by atoms with Gasteiger partial charge in [0.1, 0.15) is 0 Å². The molecular formula is C11H16O2. The molecule has 0 spiro atoms. The van der Waals surface area contributed by atoms with Crippen molar-refractivity contribution in [2.75, 3.05) is 0 Å². The maximum atomic E-state index is 11.6. The quantitative estimate of drug-likeness (QED) is 0.623. The molecule has 2 rings (SSSR count). The minimum Gasteiger partial charge on any atom is -0.291 e. The van der Waals surface area contributed by atoms with Gasteiger partial charge in [-0.1, -0.05) is 19.3 Å². The summed E-state index contributed by atoms with van der Waals surface area (Å²) < 4.78 is 0. The zero-order valence-corrected chi connectivity index (χ0v) is 7.92. The second-order valence-electron chi connectivity index (χ2n) is 4.34. The van der Waals surface area contributed by atoms with Gasteiger partial charge >= 0.3 is 0 Å². The van der Waals surface area contributed by atoms with Crippen molar-refractivity contribution < 1.29 is 9.59 Å². The molecule has 2 saturated carbocycles. The van der Waals surface area contributed by atoms with E-state index in [-0.39, 0.29) is 23.4 Å². The maximum absolute atomic E-state index is 11.6. The van der Waals surface area contributed by atoms with Gasteiger partial charge in [-0.15, -0.1) is 0 Å². The van der Waals surface area contributed by atoms with Gasteiger partial charge < -0.3 is 0 Å². The number of Topliss-reactive ketones (excluding diaryl/α,β-unsaturated/α-hetero) is 2. The van der Waals surface area contributed by atoms with Gasteiger partial charge in [0.25, 0.3) is 0 Å². The summed E-state index contributed by atoms with van der Waals surface area (Å²) in [7, 11) is 0. The Morgan fingerprint density at radius 1 is 0.692 bits per heavy atom. The SMILES string of the molecule is O=C(C(=O)C1CCC1)C1CCCC1. The molecule has 0 heterocycles. The summed E-state index contributed by atoms with van der Waals surface area (Å²) in [5, 5.41) is 0. The zero-order valence-electron chi connectivity index (χ0n) is 7.92. The Kier molecular flexibility index (Phi) is 2.47. The molecule has 0 amide bonds. The van der Waals surface area contributed by atoms with Crippen LogP contribution >= 0.6 is 0 Å². The van der Waals surface area contributed by atoms with Crippen molar-refractivity contribution in [3.8, 4) is 0 Å². The van der Waals surface area contributed by atoms with Crippen LogP contribution in [-0.2, 0) is 9.59 Å². The topological polar surface area (TPSA) is 34.1 Å². The van der Waals surface area contributed by atoms with Gasteiger partial charge in [-0.2, -0.15) is 0 Å². The van der Waals surface area contributed by atoms with E-state index < -0.39 is 0 Å². The number of hydrogen-bond donors (Lipinski definition) is 0. The van der Waals surface area contributed by atoms with Crippen molar-refractivity contribution in [1.29, 1.82) is 0 Å². The second-order valence-corrected chi connectivity index (χ2v) is 4.34. The summed E-state index contributed by atoms with van der Waals surface area (Å²) in [5.41, 5.74) is 0. The fraction of sp³-hybridized carbons (Fsp3) is 0.818. The van der Waals surface area contributed by atoms with E-state index in [2.05, 4.69) is 0 Å². The van der Waals surface area contributed by atoms with Crippen LogP contribution in [0.25, 0.3) is 0 Å². The standard InChI is InChI=1S/C11H16O2/c12-10(8-4-1-2-5-8)11(13)9-6-3-7-9/h8-9H,1-7H2. The van der Waals surface area contributed by atoms with Crippen molar-refractivity contribution in [3.05, 3.63) is 0 Å². The summed E-state index contributed by atoms with van der Waals surface area (Å²) >= 11 is 0. The highest BCUT2D eigenvalue weighted by molar-refractivity contribution is 6.38. The van der Waals surface area contributed by atoms with E-state index >= 15 is 0 Å². The number of carbonyl (C=O) groups is 2. The summed E-state index contributed by atoms with van der Waals surface area (Å²) in [4.78, 5) is 23.2. The first kappa shape index (κ1) is 8.92. The largest absolute Gasteiger partial charge is 0.291 e. The van der Waals surface area contributed by atoms with Crippen molar-refractivity contribution in [1.82, 2.24) is 0 Å². The van der Waals surface area contributed by atoms with Gasteiger partial charge in [-0.05, 0) is 25.7 Å². The lowest BCUT2D eigenvalue weighted by molar-refractivity contribution is -0.142. The Bertz CT molecular complexity index is 222. The molecule has 0 bridgehead atoms. The fourth-order valence-corrected chi connectivity index (χ4v) is 2.26. The van der Waals surface area contributed by atoms with Crippen LogP contribution in [0.3, 0.4) is 0 Å². The Balaban J connectivity index is 1.91. The first-order valence-corrected chi connectivity index (χ1v) is 5.37. The van der Waals surface area contributed by atoms with E-state index in [9.17, 15) is 9.59 Å². The molecule has 72 valence electrons. The maximum Gasteiger partial charge on any atom is 0.201 e. The van der Waals surface area contributed by atoms with Gasteiger partial charge in [0.15, 0.2) is 0 Å². The lowest BCUT2D eigenvalue weighted by atomic mass is 9.78. The third-order valence-corrected chi connectivity index (χ3v) is 3.44. The van der Waals surface area contributed by atoms with Gasteiger partial charge in [0.2, 0.25) is 11.6 Å². The summed E-state index contributed by atoms with van der Waals surface area (Å²) in [6.07, 6.45) is 7.22. The van der Waals surface area contributed by atoms with Crippen LogP contribution in [-0.4, -0.2) is 11.6 Å². The molecule has 0 radical (unpaired) electrons. The summed E-state index contributed by atoms with van der Waals surface area (Å²) in [6, 6.07) is 0. The van der Waals surface area contributed by atoms with Crippen LogP contribution in [0.2, 0.25) is 0 Å². The third-order valence-electron chi connectivity index (χ3n) is 3.44. The van der Waals surface area contributed by atoms with Gasteiger partial charge in [-0.3, -0.25) is 9.59 Å². The molecule has 0 unspecified atom stereocenters. The molecular weight excluding hydrogens is 164 g/mol. The zero-order chi connectivity index (χ0) is 9.26. The molecule has 0 N–H and O–H groups in total. The monoisotopic (exact) mass is 180 g/mol. The van der Waals surface area contributed by atoms with E-state index in [0.29, 0.717) is 0 Å². The highest BCUT2D eigenvalue weighted by Gasteiger charge is 2.34. The smallest absolute Gasteiger partial charge is 0.201 e. The molecule has 0 aromatic carbocycles. The van der Waals surface area contributed by atoms with E-state index in [4.69, 9.17) is 0 Å². The van der Waals surface area contributed by atoms with Crippen LogP contribution in [0.15, 0.2) is 0 Å². The normalized spacial score (nSPS) is 24.3. The Morgan fingerprint density at radius 3 is 1.38 bits per heavy atom. The van der Waals surface area contributed by atoms with Crippen LogP contribution < -0.4 is 0 Å². The minimum atomic E-state index is -0.0573. The van der Waals surface area contributed by atoms with Crippen LogP contribution in [0.1, 0.15) is 44.9 Å². The first-order chi connectivity index (χ1) is 6.29. The molecule has 2 fully saturated rings. The number of ketones is 2. The molecule has 2 heteroatoms. The molecule has 0 aromatic rings. The number of hydrogen-bond acceptors (Lipinski definition) is 2. The van der Waals surface area contributed by atoms with Crippen molar-refractivity contribution in [2.24, 2.45) is 11.8 Å². The van der Waals surface area contributed by atoms with Crippen molar-refractivity contribution >= 4 is 11.6 Å². The highest BCUT2D eigenvalue weighted by Crippen LogP contribution is 2.31. The van der Waals surface area contributed by atoms with E-state index in [1.165, 1.54) is 0 Å². The average Bonchev–Trinajstić information content (AvgIpc) is 2.51. The lowest BCUT2D eigenvalue weighted by Gasteiger charge is -2.23. The fourth-order valence-electron chi connectivity index (χ4n) is 2.26. The second kappa shape index (κ2) is 3.60. The number of carbonyl (C=O) groups excluding carboxylic acids is 2. The van der Waals surface area contributed by atoms with Gasteiger partial charge in [0.05, 0.1) is 0 Å². The Morgan fingerprint density at radius 2 is 1.08 bits per heavy atom. The van der Waals surface area contributed by atoms with Crippen LogP contribution in [0.4, 0.5) is 0 Å². The van der Waals surface area contributed by atoms with Gasteiger partial charge in [0, 0.05) is 11.8 Å². The number of rotatable bonds is 3. The minimum absolute atomic E-state index is 0.0535. The molecule has 2 aliphatic carbocycles. The molecule has 0 aliphatic heterocycles.